The van der Waals surface area contributed by atoms with Crippen molar-refractivity contribution in [2.45, 2.75) is 57.0 Å². The summed E-state index contributed by atoms with van der Waals surface area (Å²) in [5, 5.41) is 0. The van der Waals surface area contributed by atoms with Crippen LogP contribution in [0.25, 0.3) is 0 Å². The van der Waals surface area contributed by atoms with E-state index in [9.17, 15) is 9.59 Å². The highest BCUT2D eigenvalue weighted by molar-refractivity contribution is 5.83. The van der Waals surface area contributed by atoms with Crippen molar-refractivity contribution in [1.82, 2.24) is 9.80 Å². The average molecular weight is 306 g/mol. The van der Waals surface area contributed by atoms with E-state index >= 15 is 0 Å². The summed E-state index contributed by atoms with van der Waals surface area (Å²) in [6.45, 7) is 3.11. The average Bonchev–Trinajstić information content (AvgIpc) is 3.45. The van der Waals surface area contributed by atoms with Crippen molar-refractivity contribution in [3.63, 3.8) is 0 Å². The fourth-order valence-electron chi connectivity index (χ4n) is 3.92. The number of carbonyl (C=O) groups excluding carboxylic acids is 2. The quantitative estimate of drug-likeness (QED) is 0.789. The van der Waals surface area contributed by atoms with Crippen LogP contribution in [-0.2, 0) is 14.3 Å². The van der Waals surface area contributed by atoms with Crippen LogP contribution < -0.4 is 0 Å². The summed E-state index contributed by atoms with van der Waals surface area (Å²) in [5.74, 6) is 1.22. The van der Waals surface area contributed by atoms with Gasteiger partial charge in [0.25, 0.3) is 0 Å². The van der Waals surface area contributed by atoms with E-state index in [4.69, 9.17) is 4.74 Å². The molecule has 4 fully saturated rings. The summed E-state index contributed by atoms with van der Waals surface area (Å²) in [6.07, 6.45) is 7.08. The molecule has 2 aliphatic heterocycles. The van der Waals surface area contributed by atoms with E-state index in [0.29, 0.717) is 17.9 Å². The second-order valence-corrected chi connectivity index (χ2v) is 7.36. The lowest BCUT2D eigenvalue weighted by molar-refractivity contribution is -0.140. The molecule has 0 aromatic rings. The Morgan fingerprint density at radius 1 is 0.864 bits per heavy atom. The Kier molecular flexibility index (Phi) is 3.84. The van der Waals surface area contributed by atoms with Crippen LogP contribution in [0.2, 0.25) is 0 Å². The van der Waals surface area contributed by atoms with Crippen LogP contribution in [0, 0.1) is 11.8 Å². The molecule has 0 N–H and O–H groups in total. The highest BCUT2D eigenvalue weighted by atomic mass is 16.5. The van der Waals surface area contributed by atoms with Gasteiger partial charge in [-0.05, 0) is 44.9 Å². The maximum absolute atomic E-state index is 12.8. The molecule has 2 heterocycles. The summed E-state index contributed by atoms with van der Waals surface area (Å²) < 4.78 is 5.46. The largest absolute Gasteiger partial charge is 0.381 e. The minimum Gasteiger partial charge on any atom is -0.381 e. The lowest BCUT2D eigenvalue weighted by atomic mass is 10.0. The molecule has 2 aliphatic carbocycles. The van der Waals surface area contributed by atoms with Crippen molar-refractivity contribution in [3.8, 4) is 0 Å². The minimum atomic E-state index is 0.235. The van der Waals surface area contributed by atoms with E-state index in [1.54, 1.807) is 0 Å². The van der Waals surface area contributed by atoms with E-state index < -0.39 is 0 Å². The molecule has 122 valence electrons. The Labute approximate surface area is 132 Å². The third-order valence-corrected chi connectivity index (χ3v) is 5.56. The number of nitrogens with zero attached hydrogens (tertiary/aromatic N) is 2. The number of carbonyl (C=O) groups is 2. The van der Waals surface area contributed by atoms with Crippen molar-refractivity contribution in [2.24, 2.45) is 11.8 Å². The Bertz CT molecular complexity index is 453. The van der Waals surface area contributed by atoms with Gasteiger partial charge in [-0.25, -0.2) is 0 Å². The van der Waals surface area contributed by atoms with E-state index in [1.165, 1.54) is 0 Å². The Morgan fingerprint density at radius 3 is 2.18 bits per heavy atom. The van der Waals surface area contributed by atoms with Crippen LogP contribution >= 0.6 is 0 Å². The van der Waals surface area contributed by atoms with Gasteiger partial charge in [0, 0.05) is 44.2 Å². The molecule has 2 amide bonds. The molecule has 1 atom stereocenters. The van der Waals surface area contributed by atoms with Crippen LogP contribution in [0.3, 0.4) is 0 Å². The van der Waals surface area contributed by atoms with Gasteiger partial charge in [0.05, 0.1) is 6.04 Å². The number of ether oxygens (including phenoxy) is 1. The monoisotopic (exact) mass is 306 g/mol. The highest BCUT2D eigenvalue weighted by Crippen LogP contribution is 2.36. The molecular weight excluding hydrogens is 280 g/mol. The third-order valence-electron chi connectivity index (χ3n) is 5.56. The van der Waals surface area contributed by atoms with E-state index in [1.807, 2.05) is 4.90 Å². The van der Waals surface area contributed by atoms with Gasteiger partial charge >= 0.3 is 0 Å². The first kappa shape index (κ1) is 14.5. The Morgan fingerprint density at radius 2 is 1.55 bits per heavy atom. The molecule has 4 rings (SSSR count). The Hall–Kier alpha value is -1.10. The zero-order valence-corrected chi connectivity index (χ0v) is 13.2. The predicted octanol–water partition coefficient (Wildman–Crippen LogP) is 1.41. The van der Waals surface area contributed by atoms with Crippen LogP contribution in [0.1, 0.15) is 44.9 Å². The van der Waals surface area contributed by atoms with Gasteiger partial charge in [0.2, 0.25) is 11.8 Å². The first-order valence-corrected chi connectivity index (χ1v) is 8.93. The number of amides is 2. The van der Waals surface area contributed by atoms with Crippen LogP contribution in [-0.4, -0.2) is 60.0 Å². The molecule has 5 heteroatoms. The smallest absolute Gasteiger partial charge is 0.226 e. The summed E-state index contributed by atoms with van der Waals surface area (Å²) >= 11 is 0. The summed E-state index contributed by atoms with van der Waals surface area (Å²) in [6, 6.07) is 0.557. The van der Waals surface area contributed by atoms with Crippen molar-refractivity contribution in [3.05, 3.63) is 0 Å². The van der Waals surface area contributed by atoms with E-state index in [0.717, 1.165) is 71.2 Å². The highest BCUT2D eigenvalue weighted by Gasteiger charge is 2.44. The molecule has 0 bridgehead atoms. The molecule has 2 saturated heterocycles. The number of hydrogen-bond donors (Lipinski definition) is 0. The van der Waals surface area contributed by atoms with Gasteiger partial charge in [-0.15, -0.1) is 0 Å². The topological polar surface area (TPSA) is 49.9 Å². The van der Waals surface area contributed by atoms with Gasteiger partial charge in [-0.3, -0.25) is 9.59 Å². The maximum Gasteiger partial charge on any atom is 0.226 e. The molecular formula is C17H26N2O3. The second kappa shape index (κ2) is 5.84. The molecule has 0 spiro atoms. The van der Waals surface area contributed by atoms with Gasteiger partial charge in [-0.2, -0.15) is 0 Å². The molecule has 5 nitrogen and oxygen atoms in total. The molecule has 0 radical (unpaired) electrons. The van der Waals surface area contributed by atoms with Crippen molar-refractivity contribution in [2.75, 3.05) is 26.3 Å². The fraction of sp³-hybridized carbons (Fsp3) is 0.882. The first-order chi connectivity index (χ1) is 10.7. The van der Waals surface area contributed by atoms with Crippen LogP contribution in [0.5, 0.6) is 0 Å². The van der Waals surface area contributed by atoms with Gasteiger partial charge in [0.15, 0.2) is 0 Å². The standard InChI is InChI=1S/C17H26N2O3/c20-16(12-1-2-12)18-8-5-15(11-18)19(17(21)13-3-4-13)14-6-9-22-10-7-14/h12-15H,1-11H2. The van der Waals surface area contributed by atoms with Crippen molar-refractivity contribution >= 4 is 11.8 Å². The minimum absolute atomic E-state index is 0.235. The van der Waals surface area contributed by atoms with Gasteiger partial charge < -0.3 is 14.5 Å². The Balaban J connectivity index is 1.45. The zero-order chi connectivity index (χ0) is 15.1. The first-order valence-electron chi connectivity index (χ1n) is 8.93. The normalized spacial score (nSPS) is 29.6. The zero-order valence-electron chi connectivity index (χ0n) is 13.2. The fourth-order valence-corrected chi connectivity index (χ4v) is 3.92. The SMILES string of the molecule is O=C(C1CC1)N1CCC(N(C(=O)C2CC2)C2CCOCC2)C1. The maximum atomic E-state index is 12.8. The molecule has 0 aromatic heterocycles. The number of rotatable bonds is 4. The lowest BCUT2D eigenvalue weighted by Crippen LogP contribution is -2.51. The van der Waals surface area contributed by atoms with Crippen LogP contribution in [0.4, 0.5) is 0 Å². The van der Waals surface area contributed by atoms with Gasteiger partial charge in [-0.1, -0.05) is 0 Å². The van der Waals surface area contributed by atoms with E-state index in [2.05, 4.69) is 4.90 Å². The predicted molar refractivity (Wildman–Crippen MR) is 81.1 cm³/mol. The second-order valence-electron chi connectivity index (χ2n) is 7.36. The van der Waals surface area contributed by atoms with Crippen LogP contribution in [0.15, 0.2) is 0 Å². The number of hydrogen-bond acceptors (Lipinski definition) is 3. The molecule has 1 unspecified atom stereocenters. The summed E-state index contributed by atoms with van der Waals surface area (Å²) in [7, 11) is 0. The molecule has 4 aliphatic rings. The van der Waals surface area contributed by atoms with Gasteiger partial charge in [0.1, 0.15) is 0 Å². The van der Waals surface area contributed by atoms with Crippen molar-refractivity contribution < 1.29 is 14.3 Å². The van der Waals surface area contributed by atoms with Crippen molar-refractivity contribution in [1.29, 1.82) is 0 Å². The van der Waals surface area contributed by atoms with E-state index in [-0.39, 0.29) is 17.9 Å². The summed E-state index contributed by atoms with van der Waals surface area (Å²) in [4.78, 5) is 29.2. The number of likely N-dealkylation sites (tertiary alicyclic amines) is 1. The lowest BCUT2D eigenvalue weighted by Gasteiger charge is -2.38. The third kappa shape index (κ3) is 2.87. The molecule has 0 aromatic carbocycles. The molecule has 2 saturated carbocycles. The summed E-state index contributed by atoms with van der Waals surface area (Å²) in [5.41, 5.74) is 0. The molecule has 22 heavy (non-hydrogen) atoms.